The van der Waals surface area contributed by atoms with E-state index < -0.39 is 33.8 Å². The number of nitrogens with zero attached hydrogens (tertiary/aromatic N) is 3. The van der Waals surface area contributed by atoms with E-state index >= 15 is 0 Å². The normalized spacial score (nSPS) is 12.2. The monoisotopic (exact) mass is 425 g/mol. The summed E-state index contributed by atoms with van der Waals surface area (Å²) in [4.78, 5) is 0. The standard InChI is InChI=1S/C17H12BF4N3O3S/c1-29(26,27)25(13-6-4-12(18)5-7-13)9-11-3-2-10(8-14(11)19)15-23-24-16(28-15)17(20,21)22/h2-8H,9H2,1H3. The van der Waals surface area contributed by atoms with Crippen molar-refractivity contribution in [1.29, 1.82) is 0 Å². The van der Waals surface area contributed by atoms with Crippen molar-refractivity contribution in [2.24, 2.45) is 0 Å². The molecule has 1 heterocycles. The fourth-order valence-corrected chi connectivity index (χ4v) is 3.34. The van der Waals surface area contributed by atoms with Crippen molar-refractivity contribution in [3.63, 3.8) is 0 Å². The minimum absolute atomic E-state index is 0.00781. The first-order valence-corrected chi connectivity index (χ1v) is 9.83. The highest BCUT2D eigenvalue weighted by molar-refractivity contribution is 7.92. The molecule has 0 fully saturated rings. The van der Waals surface area contributed by atoms with Gasteiger partial charge in [-0.1, -0.05) is 23.7 Å². The van der Waals surface area contributed by atoms with Crippen molar-refractivity contribution in [2.45, 2.75) is 12.7 Å². The number of hydrogen-bond acceptors (Lipinski definition) is 5. The molecule has 1 aromatic heterocycles. The third kappa shape index (κ3) is 4.76. The Morgan fingerprint density at radius 2 is 1.76 bits per heavy atom. The van der Waals surface area contributed by atoms with E-state index in [0.29, 0.717) is 5.46 Å². The second-order valence-electron chi connectivity index (χ2n) is 6.08. The topological polar surface area (TPSA) is 76.3 Å². The Labute approximate surface area is 164 Å². The number of benzene rings is 2. The lowest BCUT2D eigenvalue weighted by atomic mass is 9.96. The van der Waals surface area contributed by atoms with E-state index in [9.17, 15) is 26.0 Å². The molecule has 6 nitrogen and oxygen atoms in total. The van der Waals surface area contributed by atoms with Gasteiger partial charge in [0.2, 0.25) is 15.9 Å². The highest BCUT2D eigenvalue weighted by atomic mass is 32.2. The molecule has 0 saturated heterocycles. The molecule has 0 saturated carbocycles. The highest BCUT2D eigenvalue weighted by Crippen LogP contribution is 2.31. The molecule has 0 aliphatic carbocycles. The molecule has 2 aromatic carbocycles. The van der Waals surface area contributed by atoms with Crippen LogP contribution in [0.15, 0.2) is 46.9 Å². The summed E-state index contributed by atoms with van der Waals surface area (Å²) in [5, 5.41) is 6.14. The molecule has 0 spiro atoms. The first-order chi connectivity index (χ1) is 13.4. The predicted octanol–water partition coefficient (Wildman–Crippen LogP) is 2.65. The van der Waals surface area contributed by atoms with Gasteiger partial charge in [0.25, 0.3) is 0 Å². The molecule has 0 bridgehead atoms. The Morgan fingerprint density at radius 1 is 1.10 bits per heavy atom. The highest BCUT2D eigenvalue weighted by Gasteiger charge is 2.38. The predicted molar refractivity (Wildman–Crippen MR) is 97.6 cm³/mol. The lowest BCUT2D eigenvalue weighted by Crippen LogP contribution is -2.30. The Balaban J connectivity index is 1.91. The summed E-state index contributed by atoms with van der Waals surface area (Å²) >= 11 is 0. The quantitative estimate of drug-likeness (QED) is 0.464. The lowest BCUT2D eigenvalue weighted by molar-refractivity contribution is -0.156. The molecule has 0 amide bonds. The van der Waals surface area contributed by atoms with Gasteiger partial charge in [-0.15, -0.1) is 10.2 Å². The van der Waals surface area contributed by atoms with Gasteiger partial charge in [-0.05, 0) is 24.3 Å². The average Bonchev–Trinajstić information content (AvgIpc) is 3.11. The van der Waals surface area contributed by atoms with Gasteiger partial charge in [0.05, 0.1) is 18.5 Å². The minimum Gasteiger partial charge on any atom is -0.413 e. The van der Waals surface area contributed by atoms with Gasteiger partial charge in [-0.3, -0.25) is 4.31 Å². The maximum absolute atomic E-state index is 14.6. The third-order valence-corrected chi connectivity index (χ3v) is 5.00. The fraction of sp³-hybridized carbons (Fsp3) is 0.176. The van der Waals surface area contributed by atoms with Crippen molar-refractivity contribution in [3.8, 4) is 11.5 Å². The van der Waals surface area contributed by atoms with Crippen molar-refractivity contribution in [3.05, 3.63) is 59.7 Å². The first-order valence-electron chi connectivity index (χ1n) is 7.98. The zero-order valence-electron chi connectivity index (χ0n) is 14.8. The van der Waals surface area contributed by atoms with Crippen molar-refractivity contribution in [1.82, 2.24) is 10.2 Å². The van der Waals surface area contributed by atoms with Crippen LogP contribution in [0.25, 0.3) is 11.5 Å². The Morgan fingerprint density at radius 3 is 2.28 bits per heavy atom. The van der Waals surface area contributed by atoms with E-state index in [4.69, 9.17) is 7.85 Å². The number of alkyl halides is 3. The third-order valence-electron chi connectivity index (χ3n) is 3.86. The van der Waals surface area contributed by atoms with Crippen LogP contribution in [-0.2, 0) is 22.7 Å². The minimum atomic E-state index is -4.82. The Hall–Kier alpha value is -2.89. The number of anilines is 1. The molecule has 3 rings (SSSR count). The molecule has 12 heteroatoms. The van der Waals surface area contributed by atoms with E-state index in [0.717, 1.165) is 16.6 Å². The SMILES string of the molecule is [B]c1ccc(N(Cc2ccc(-c3nnc(C(F)(F)F)o3)cc2F)S(C)(=O)=O)cc1. The largest absolute Gasteiger partial charge is 0.470 e. The van der Waals surface area contributed by atoms with Gasteiger partial charge in [-0.2, -0.15) is 13.2 Å². The van der Waals surface area contributed by atoms with Crippen LogP contribution < -0.4 is 9.77 Å². The molecule has 3 aromatic rings. The summed E-state index contributed by atoms with van der Waals surface area (Å²) in [6, 6.07) is 9.33. The van der Waals surface area contributed by atoms with Crippen LogP contribution in [0.2, 0.25) is 0 Å². The molecule has 0 aliphatic rings. The van der Waals surface area contributed by atoms with Crippen LogP contribution >= 0.6 is 0 Å². The molecule has 2 radical (unpaired) electrons. The van der Waals surface area contributed by atoms with E-state index in [1.165, 1.54) is 36.4 Å². The van der Waals surface area contributed by atoms with E-state index in [1.54, 1.807) is 0 Å². The molecular weight excluding hydrogens is 413 g/mol. The number of aromatic nitrogens is 2. The van der Waals surface area contributed by atoms with Crippen LogP contribution in [0.1, 0.15) is 11.5 Å². The van der Waals surface area contributed by atoms with E-state index in [1.807, 2.05) is 0 Å². The van der Waals surface area contributed by atoms with E-state index in [-0.39, 0.29) is 23.4 Å². The van der Waals surface area contributed by atoms with Crippen LogP contribution in [0.5, 0.6) is 0 Å². The van der Waals surface area contributed by atoms with Crippen molar-refractivity contribution in [2.75, 3.05) is 10.6 Å². The molecule has 0 unspecified atom stereocenters. The average molecular weight is 425 g/mol. The maximum atomic E-state index is 14.6. The van der Waals surface area contributed by atoms with Gasteiger partial charge < -0.3 is 4.42 Å². The second kappa shape index (κ2) is 7.50. The second-order valence-corrected chi connectivity index (χ2v) is 7.98. The number of rotatable bonds is 5. The number of sulfonamides is 1. The molecular formula is C17H12BF4N3O3S. The molecule has 0 aliphatic heterocycles. The van der Waals surface area contributed by atoms with Gasteiger partial charge in [-0.25, -0.2) is 12.8 Å². The van der Waals surface area contributed by atoms with Crippen LogP contribution in [0.3, 0.4) is 0 Å². The zero-order valence-corrected chi connectivity index (χ0v) is 15.6. The summed E-state index contributed by atoms with van der Waals surface area (Å²) in [6.07, 6.45) is -3.86. The number of halogens is 4. The first kappa shape index (κ1) is 20.8. The summed E-state index contributed by atoms with van der Waals surface area (Å²) < 4.78 is 82.0. The van der Waals surface area contributed by atoms with E-state index in [2.05, 4.69) is 14.6 Å². The van der Waals surface area contributed by atoms with Crippen molar-refractivity contribution >= 4 is 29.0 Å². The maximum Gasteiger partial charge on any atom is 0.470 e. The zero-order chi connectivity index (χ0) is 21.4. The number of hydrogen-bond donors (Lipinski definition) is 0. The molecule has 0 N–H and O–H groups in total. The molecule has 29 heavy (non-hydrogen) atoms. The molecule has 150 valence electrons. The van der Waals surface area contributed by atoms with Gasteiger partial charge in [0.15, 0.2) is 0 Å². The summed E-state index contributed by atoms with van der Waals surface area (Å²) in [7, 11) is 1.83. The summed E-state index contributed by atoms with van der Waals surface area (Å²) in [6.45, 7) is -0.341. The van der Waals surface area contributed by atoms with Crippen LogP contribution in [0.4, 0.5) is 23.2 Å². The van der Waals surface area contributed by atoms with Gasteiger partial charge >= 0.3 is 12.1 Å². The smallest absolute Gasteiger partial charge is 0.413 e. The Bertz CT molecular complexity index is 1130. The van der Waals surface area contributed by atoms with Gasteiger partial charge in [0, 0.05) is 11.1 Å². The van der Waals surface area contributed by atoms with Crippen LogP contribution in [0, 0.1) is 5.82 Å². The summed E-state index contributed by atoms with van der Waals surface area (Å²) in [5.74, 6) is -2.91. The lowest BCUT2D eigenvalue weighted by Gasteiger charge is -2.23. The van der Waals surface area contributed by atoms with Gasteiger partial charge in [0.1, 0.15) is 13.7 Å². The summed E-state index contributed by atoms with van der Waals surface area (Å²) in [5.41, 5.74) is 0.617. The fourth-order valence-electron chi connectivity index (χ4n) is 2.46. The Kier molecular flexibility index (Phi) is 5.39. The molecule has 0 atom stereocenters. The van der Waals surface area contributed by atoms with Crippen LogP contribution in [-0.4, -0.2) is 32.7 Å². The van der Waals surface area contributed by atoms with Crippen molar-refractivity contribution < 1.29 is 30.4 Å².